The molecule has 0 bridgehead atoms. The highest BCUT2D eigenvalue weighted by atomic mass is 32.2. The van der Waals surface area contributed by atoms with Crippen LogP contribution in [0.5, 0.6) is 0 Å². The van der Waals surface area contributed by atoms with Crippen LogP contribution in [0.25, 0.3) is 11.0 Å². The number of hydrogen-bond acceptors (Lipinski definition) is 4. The molecule has 0 aliphatic carbocycles. The lowest BCUT2D eigenvalue weighted by Gasteiger charge is -2.14. The van der Waals surface area contributed by atoms with Crippen LogP contribution in [0.2, 0.25) is 0 Å². The number of hydrogen-bond donors (Lipinski definition) is 2. The molecule has 0 fully saturated rings. The number of nitrogens with zero attached hydrogens (tertiary/aromatic N) is 2. The van der Waals surface area contributed by atoms with E-state index in [1.807, 2.05) is 42.7 Å². The molecular formula is C15H19N3O3S. The van der Waals surface area contributed by atoms with Gasteiger partial charge in [-0.1, -0.05) is 23.9 Å². The van der Waals surface area contributed by atoms with Crippen molar-refractivity contribution in [2.75, 3.05) is 6.54 Å². The predicted molar refractivity (Wildman–Crippen MR) is 86.0 cm³/mol. The van der Waals surface area contributed by atoms with Gasteiger partial charge < -0.3 is 15.0 Å². The van der Waals surface area contributed by atoms with Crippen molar-refractivity contribution in [1.82, 2.24) is 14.9 Å². The fourth-order valence-corrected chi connectivity index (χ4v) is 3.39. The van der Waals surface area contributed by atoms with Gasteiger partial charge in [-0.25, -0.2) is 4.98 Å². The number of carboxylic acids is 1. The van der Waals surface area contributed by atoms with Crippen LogP contribution >= 0.6 is 11.8 Å². The number of imidazole rings is 1. The number of carbonyl (C=O) groups excluding carboxylic acids is 1. The van der Waals surface area contributed by atoms with E-state index in [4.69, 9.17) is 5.11 Å². The minimum atomic E-state index is -0.997. The Labute approximate surface area is 132 Å². The topological polar surface area (TPSA) is 84.2 Å². The first-order valence-corrected chi connectivity index (χ1v) is 8.06. The molecule has 22 heavy (non-hydrogen) atoms. The molecule has 7 heteroatoms. The first-order valence-electron chi connectivity index (χ1n) is 7.18. The zero-order chi connectivity index (χ0) is 16.1. The molecule has 2 rings (SSSR count). The van der Waals surface area contributed by atoms with Crippen molar-refractivity contribution in [2.45, 2.75) is 37.2 Å². The normalized spacial score (nSPS) is 12.3. The summed E-state index contributed by atoms with van der Waals surface area (Å²) in [5.41, 5.74) is 1.83. The first kappa shape index (κ1) is 16.4. The van der Waals surface area contributed by atoms with E-state index >= 15 is 0 Å². The number of aliphatic carboxylic acids is 1. The van der Waals surface area contributed by atoms with E-state index in [1.54, 1.807) is 0 Å². The van der Waals surface area contributed by atoms with E-state index in [0.717, 1.165) is 11.0 Å². The lowest BCUT2D eigenvalue weighted by molar-refractivity contribution is -0.138. The minimum absolute atomic E-state index is 0.233. The number of carboxylic acid groups (broad SMARTS) is 1. The van der Waals surface area contributed by atoms with E-state index in [1.165, 1.54) is 11.8 Å². The van der Waals surface area contributed by atoms with Crippen molar-refractivity contribution in [1.29, 1.82) is 0 Å². The molecule has 2 aromatic rings. The average Bonchev–Trinajstić information content (AvgIpc) is 2.83. The number of thioether (sulfide) groups is 1. The molecule has 1 amide bonds. The summed E-state index contributed by atoms with van der Waals surface area (Å²) in [5, 5.41) is 11.7. The van der Waals surface area contributed by atoms with Crippen LogP contribution in [-0.4, -0.2) is 38.3 Å². The van der Waals surface area contributed by atoms with Gasteiger partial charge in [0.1, 0.15) is 5.25 Å². The molecule has 1 heterocycles. The Morgan fingerprint density at radius 2 is 2.09 bits per heavy atom. The maximum atomic E-state index is 12.1. The number of benzene rings is 1. The Bertz CT molecular complexity index is 684. The van der Waals surface area contributed by atoms with Crippen molar-refractivity contribution in [3.8, 4) is 0 Å². The third-order valence-electron chi connectivity index (χ3n) is 3.19. The van der Waals surface area contributed by atoms with Gasteiger partial charge in [-0.2, -0.15) is 0 Å². The number of para-hydroxylation sites is 2. The Balaban J connectivity index is 2.32. The average molecular weight is 321 g/mol. The van der Waals surface area contributed by atoms with Crippen LogP contribution in [0.3, 0.4) is 0 Å². The van der Waals surface area contributed by atoms with Gasteiger partial charge in [-0.3, -0.25) is 9.59 Å². The monoisotopic (exact) mass is 321 g/mol. The standard InChI is InChI=1S/C15H19N3O3S/c1-3-16-14(21)12(9-13(19)20)22-15-17-10-7-5-6-8-11(10)18(15)4-2/h5-8,12H,3-4,9H2,1-2H3,(H,16,21)(H,19,20). The number of amides is 1. The second-order valence-electron chi connectivity index (χ2n) is 4.73. The zero-order valence-corrected chi connectivity index (χ0v) is 13.4. The molecule has 1 unspecified atom stereocenters. The Hall–Kier alpha value is -2.02. The second kappa shape index (κ2) is 7.31. The highest BCUT2D eigenvalue weighted by molar-refractivity contribution is 8.00. The quantitative estimate of drug-likeness (QED) is 0.763. The van der Waals surface area contributed by atoms with E-state index in [-0.39, 0.29) is 12.3 Å². The number of aromatic nitrogens is 2. The molecule has 0 spiro atoms. The number of aryl methyl sites for hydroxylation is 1. The van der Waals surface area contributed by atoms with Gasteiger partial charge in [0, 0.05) is 13.1 Å². The van der Waals surface area contributed by atoms with Crippen molar-refractivity contribution in [3.63, 3.8) is 0 Å². The number of nitrogens with one attached hydrogen (secondary N) is 1. The summed E-state index contributed by atoms with van der Waals surface area (Å²) in [4.78, 5) is 27.6. The third-order valence-corrected chi connectivity index (χ3v) is 4.37. The van der Waals surface area contributed by atoms with E-state index in [0.29, 0.717) is 18.2 Å². The summed E-state index contributed by atoms with van der Waals surface area (Å²) in [6.45, 7) is 4.98. The third kappa shape index (κ3) is 3.59. The Kier molecular flexibility index (Phi) is 5.43. The summed E-state index contributed by atoms with van der Waals surface area (Å²) in [6, 6.07) is 7.71. The van der Waals surface area contributed by atoms with E-state index in [2.05, 4.69) is 10.3 Å². The predicted octanol–water partition coefficient (Wildman–Crippen LogP) is 2.13. The second-order valence-corrected chi connectivity index (χ2v) is 5.90. The Morgan fingerprint density at radius 1 is 1.36 bits per heavy atom. The summed E-state index contributed by atoms with van der Waals surface area (Å²) in [5.74, 6) is -1.27. The summed E-state index contributed by atoms with van der Waals surface area (Å²) in [7, 11) is 0. The number of fused-ring (bicyclic) bond motifs is 1. The van der Waals surface area contributed by atoms with Crippen molar-refractivity contribution >= 4 is 34.7 Å². The molecular weight excluding hydrogens is 302 g/mol. The van der Waals surface area contributed by atoms with Gasteiger partial charge in [0.25, 0.3) is 0 Å². The van der Waals surface area contributed by atoms with E-state index < -0.39 is 11.2 Å². The molecule has 118 valence electrons. The molecule has 1 aromatic heterocycles. The van der Waals surface area contributed by atoms with Gasteiger partial charge in [-0.05, 0) is 26.0 Å². The fraction of sp³-hybridized carbons (Fsp3) is 0.400. The summed E-state index contributed by atoms with van der Waals surface area (Å²) in [6.07, 6.45) is -0.233. The Morgan fingerprint density at radius 3 is 2.73 bits per heavy atom. The maximum absolute atomic E-state index is 12.1. The molecule has 1 aromatic carbocycles. The van der Waals surface area contributed by atoms with Crippen molar-refractivity contribution in [3.05, 3.63) is 24.3 Å². The fourth-order valence-electron chi connectivity index (χ4n) is 2.21. The van der Waals surface area contributed by atoms with Gasteiger partial charge in [0.15, 0.2) is 5.16 Å². The highest BCUT2D eigenvalue weighted by Crippen LogP contribution is 2.28. The van der Waals surface area contributed by atoms with Crippen molar-refractivity contribution in [2.24, 2.45) is 0 Å². The molecule has 0 saturated carbocycles. The molecule has 0 saturated heterocycles. The number of rotatable bonds is 7. The van der Waals surface area contributed by atoms with Crippen LogP contribution in [0.15, 0.2) is 29.4 Å². The van der Waals surface area contributed by atoms with Gasteiger partial charge in [0.2, 0.25) is 5.91 Å². The van der Waals surface area contributed by atoms with Gasteiger partial charge in [-0.15, -0.1) is 0 Å². The number of carbonyl (C=O) groups is 2. The van der Waals surface area contributed by atoms with Crippen LogP contribution in [0, 0.1) is 0 Å². The van der Waals surface area contributed by atoms with Crippen LogP contribution in [-0.2, 0) is 16.1 Å². The molecule has 6 nitrogen and oxygen atoms in total. The van der Waals surface area contributed by atoms with Gasteiger partial charge >= 0.3 is 5.97 Å². The molecule has 0 radical (unpaired) electrons. The largest absolute Gasteiger partial charge is 0.481 e. The molecule has 0 aliphatic rings. The van der Waals surface area contributed by atoms with Gasteiger partial charge in [0.05, 0.1) is 17.5 Å². The molecule has 0 aliphatic heterocycles. The van der Waals surface area contributed by atoms with Crippen LogP contribution in [0.1, 0.15) is 20.3 Å². The first-order chi connectivity index (χ1) is 10.6. The van der Waals surface area contributed by atoms with E-state index in [9.17, 15) is 9.59 Å². The summed E-state index contributed by atoms with van der Waals surface area (Å²) >= 11 is 1.20. The smallest absolute Gasteiger partial charge is 0.305 e. The van der Waals surface area contributed by atoms with Crippen molar-refractivity contribution < 1.29 is 14.7 Å². The zero-order valence-electron chi connectivity index (χ0n) is 12.6. The lowest BCUT2D eigenvalue weighted by atomic mass is 10.3. The van der Waals surface area contributed by atoms with Crippen LogP contribution < -0.4 is 5.32 Å². The molecule has 1 atom stereocenters. The highest BCUT2D eigenvalue weighted by Gasteiger charge is 2.25. The summed E-state index contributed by atoms with van der Waals surface area (Å²) < 4.78 is 1.99. The van der Waals surface area contributed by atoms with Crippen LogP contribution in [0.4, 0.5) is 0 Å². The molecule has 2 N–H and O–H groups in total. The SMILES string of the molecule is CCNC(=O)C(CC(=O)O)Sc1nc2ccccc2n1CC. The lowest BCUT2D eigenvalue weighted by Crippen LogP contribution is -2.34. The maximum Gasteiger partial charge on any atom is 0.305 e. The minimum Gasteiger partial charge on any atom is -0.481 e.